The van der Waals surface area contributed by atoms with E-state index in [1.165, 1.54) is 21.3 Å². The normalized spacial score (nSPS) is 16.4. The van der Waals surface area contributed by atoms with Crippen LogP contribution in [0.5, 0.6) is 0 Å². The first-order valence-corrected chi connectivity index (χ1v) is 5.19. The van der Waals surface area contributed by atoms with Crippen LogP contribution in [-0.2, 0) is 0 Å². The molecular formula is C8H7S2. The molecule has 10 heavy (non-hydrogen) atoms. The lowest BCUT2D eigenvalue weighted by Gasteiger charge is -2.12. The monoisotopic (exact) mass is 167 g/mol. The maximum Gasteiger partial charge on any atom is 0.0214 e. The van der Waals surface area contributed by atoms with Gasteiger partial charge in [0.15, 0.2) is 0 Å². The van der Waals surface area contributed by atoms with Crippen molar-refractivity contribution in [2.45, 2.75) is 9.79 Å². The van der Waals surface area contributed by atoms with E-state index in [2.05, 4.69) is 18.2 Å². The van der Waals surface area contributed by atoms with Gasteiger partial charge >= 0.3 is 0 Å². The maximum absolute atomic E-state index is 3.09. The van der Waals surface area contributed by atoms with Crippen LogP contribution in [0.4, 0.5) is 0 Å². The predicted octanol–water partition coefficient (Wildman–Crippen LogP) is 2.68. The van der Waals surface area contributed by atoms with Crippen molar-refractivity contribution in [1.82, 2.24) is 0 Å². The highest BCUT2D eigenvalue weighted by atomic mass is 32.2. The fourth-order valence-corrected chi connectivity index (χ4v) is 3.12. The summed E-state index contributed by atoms with van der Waals surface area (Å²) in [6.07, 6.45) is 0. The molecule has 0 saturated heterocycles. The SMILES string of the molecule is [c]1ccc2c(c1)SCCS2. The summed E-state index contributed by atoms with van der Waals surface area (Å²) in [5.41, 5.74) is 0. The zero-order valence-electron chi connectivity index (χ0n) is 5.46. The van der Waals surface area contributed by atoms with Crippen LogP contribution >= 0.6 is 23.5 Å². The highest BCUT2D eigenvalue weighted by Gasteiger charge is 2.07. The van der Waals surface area contributed by atoms with Crippen molar-refractivity contribution in [3.05, 3.63) is 24.3 Å². The first-order chi connectivity index (χ1) is 4.97. The third-order valence-electron chi connectivity index (χ3n) is 1.39. The number of benzene rings is 1. The number of hydrogen-bond acceptors (Lipinski definition) is 2. The summed E-state index contributed by atoms with van der Waals surface area (Å²) in [7, 11) is 0. The van der Waals surface area contributed by atoms with Crippen molar-refractivity contribution < 1.29 is 0 Å². The van der Waals surface area contributed by atoms with Gasteiger partial charge in [-0.15, -0.1) is 23.5 Å². The van der Waals surface area contributed by atoms with E-state index in [4.69, 9.17) is 0 Å². The fraction of sp³-hybridized carbons (Fsp3) is 0.250. The Kier molecular flexibility index (Phi) is 1.91. The van der Waals surface area contributed by atoms with Gasteiger partial charge in [-0.25, -0.2) is 0 Å². The Hall–Kier alpha value is -0.0800. The van der Waals surface area contributed by atoms with E-state index in [9.17, 15) is 0 Å². The molecule has 0 unspecified atom stereocenters. The fourth-order valence-electron chi connectivity index (χ4n) is 0.936. The summed E-state index contributed by atoms with van der Waals surface area (Å²) in [5, 5.41) is 0. The number of rotatable bonds is 0. The molecule has 1 aromatic rings. The molecule has 1 radical (unpaired) electrons. The molecule has 0 amide bonds. The highest BCUT2D eigenvalue weighted by Crippen LogP contribution is 2.35. The van der Waals surface area contributed by atoms with Gasteiger partial charge in [-0.1, -0.05) is 6.07 Å². The quantitative estimate of drug-likeness (QED) is 0.582. The van der Waals surface area contributed by atoms with E-state index in [1.54, 1.807) is 0 Å². The minimum absolute atomic E-state index is 1.25. The van der Waals surface area contributed by atoms with Gasteiger partial charge in [-0.05, 0) is 18.2 Å². The van der Waals surface area contributed by atoms with Crippen LogP contribution in [0.1, 0.15) is 0 Å². The summed E-state index contributed by atoms with van der Waals surface area (Å²) in [4.78, 5) is 2.83. The molecule has 0 aliphatic carbocycles. The summed E-state index contributed by atoms with van der Waals surface area (Å²) in [5.74, 6) is 2.50. The topological polar surface area (TPSA) is 0 Å². The predicted molar refractivity (Wildman–Crippen MR) is 46.7 cm³/mol. The van der Waals surface area contributed by atoms with Crippen molar-refractivity contribution in [3.63, 3.8) is 0 Å². The van der Waals surface area contributed by atoms with Gasteiger partial charge in [-0.2, -0.15) is 0 Å². The molecule has 0 N–H and O–H groups in total. The second kappa shape index (κ2) is 2.89. The lowest BCUT2D eigenvalue weighted by Crippen LogP contribution is -1.92. The Morgan fingerprint density at radius 2 is 2.00 bits per heavy atom. The lowest BCUT2D eigenvalue weighted by molar-refractivity contribution is 1.22. The molecule has 1 aliphatic rings. The molecule has 0 bridgehead atoms. The van der Waals surface area contributed by atoms with Crippen LogP contribution in [0.2, 0.25) is 0 Å². The molecular weight excluding hydrogens is 160 g/mol. The first-order valence-electron chi connectivity index (χ1n) is 3.22. The van der Waals surface area contributed by atoms with E-state index >= 15 is 0 Å². The molecule has 1 aromatic carbocycles. The zero-order chi connectivity index (χ0) is 6.81. The van der Waals surface area contributed by atoms with Gasteiger partial charge in [0.1, 0.15) is 0 Å². The summed E-state index contributed by atoms with van der Waals surface area (Å²) < 4.78 is 0. The molecule has 2 rings (SSSR count). The van der Waals surface area contributed by atoms with Crippen LogP contribution in [0.3, 0.4) is 0 Å². The Balaban J connectivity index is 2.41. The van der Waals surface area contributed by atoms with Crippen molar-refractivity contribution in [3.8, 4) is 0 Å². The smallest absolute Gasteiger partial charge is 0.0214 e. The van der Waals surface area contributed by atoms with Crippen molar-refractivity contribution in [2.24, 2.45) is 0 Å². The van der Waals surface area contributed by atoms with Crippen LogP contribution in [0.15, 0.2) is 28.0 Å². The lowest BCUT2D eigenvalue weighted by atomic mass is 10.4. The van der Waals surface area contributed by atoms with Gasteiger partial charge in [-0.3, -0.25) is 0 Å². The van der Waals surface area contributed by atoms with Gasteiger partial charge in [0.25, 0.3) is 0 Å². The zero-order valence-corrected chi connectivity index (χ0v) is 7.10. The largest absolute Gasteiger partial charge is 0.124 e. The summed E-state index contributed by atoms with van der Waals surface area (Å²) >= 11 is 3.88. The average molecular weight is 167 g/mol. The minimum Gasteiger partial charge on any atom is -0.124 e. The van der Waals surface area contributed by atoms with E-state index in [1.807, 2.05) is 29.6 Å². The summed E-state index contributed by atoms with van der Waals surface area (Å²) in [6, 6.07) is 9.29. The van der Waals surface area contributed by atoms with Crippen LogP contribution in [0.25, 0.3) is 0 Å². The molecule has 1 aliphatic heterocycles. The third kappa shape index (κ3) is 1.18. The second-order valence-electron chi connectivity index (χ2n) is 2.07. The molecule has 2 heteroatoms. The Morgan fingerprint density at radius 1 is 1.20 bits per heavy atom. The second-order valence-corrected chi connectivity index (χ2v) is 4.34. The van der Waals surface area contributed by atoms with Crippen LogP contribution in [0, 0.1) is 6.07 Å². The van der Waals surface area contributed by atoms with Gasteiger partial charge < -0.3 is 0 Å². The van der Waals surface area contributed by atoms with E-state index in [0.717, 1.165) is 0 Å². The van der Waals surface area contributed by atoms with E-state index in [0.29, 0.717) is 0 Å². The van der Waals surface area contributed by atoms with Crippen molar-refractivity contribution in [2.75, 3.05) is 11.5 Å². The molecule has 0 atom stereocenters. The van der Waals surface area contributed by atoms with Crippen molar-refractivity contribution in [1.29, 1.82) is 0 Å². The Morgan fingerprint density at radius 3 is 2.80 bits per heavy atom. The van der Waals surface area contributed by atoms with Crippen LogP contribution < -0.4 is 0 Å². The molecule has 0 fully saturated rings. The molecule has 0 aromatic heterocycles. The highest BCUT2D eigenvalue weighted by molar-refractivity contribution is 8.05. The number of hydrogen-bond donors (Lipinski definition) is 0. The van der Waals surface area contributed by atoms with E-state index in [-0.39, 0.29) is 0 Å². The maximum atomic E-state index is 3.09. The van der Waals surface area contributed by atoms with E-state index < -0.39 is 0 Å². The standard InChI is InChI=1S/C8H7S2/c1-2-4-8-7(3-1)9-5-6-10-8/h1,3-4H,5-6H2. The number of thioether (sulfide) groups is 2. The molecule has 1 heterocycles. The number of fused-ring (bicyclic) bond motifs is 1. The van der Waals surface area contributed by atoms with Crippen LogP contribution in [-0.4, -0.2) is 11.5 Å². The Labute approximate surface area is 69.4 Å². The average Bonchev–Trinajstić information content (AvgIpc) is 2.05. The molecule has 0 spiro atoms. The van der Waals surface area contributed by atoms with Gasteiger partial charge in [0, 0.05) is 21.3 Å². The first kappa shape index (κ1) is 6.62. The molecule has 51 valence electrons. The Bertz CT molecular complexity index is 207. The third-order valence-corrected chi connectivity index (χ3v) is 3.91. The molecule has 0 saturated carbocycles. The summed E-state index contributed by atoms with van der Waals surface area (Å²) in [6.45, 7) is 0. The van der Waals surface area contributed by atoms with Crippen molar-refractivity contribution >= 4 is 23.5 Å². The van der Waals surface area contributed by atoms with Gasteiger partial charge in [0.05, 0.1) is 0 Å². The molecule has 0 nitrogen and oxygen atoms in total. The van der Waals surface area contributed by atoms with Gasteiger partial charge in [0.2, 0.25) is 0 Å². The minimum atomic E-state index is 1.25.